The number of imidazole rings is 1. The topological polar surface area (TPSA) is 38.9 Å². The summed E-state index contributed by atoms with van der Waals surface area (Å²) in [5.41, 5.74) is 6.15. The van der Waals surface area contributed by atoms with Gasteiger partial charge < -0.3 is 4.57 Å². The first kappa shape index (κ1) is 15.4. The highest BCUT2D eigenvalue weighted by Gasteiger charge is 2.31. The zero-order valence-electron chi connectivity index (χ0n) is 15.0. The number of rotatable bonds is 3. The molecule has 1 atom stereocenters. The van der Waals surface area contributed by atoms with Crippen LogP contribution in [0.25, 0.3) is 11.0 Å². The van der Waals surface area contributed by atoms with Crippen molar-refractivity contribution in [2.45, 2.75) is 39.3 Å². The van der Waals surface area contributed by atoms with E-state index in [1.807, 2.05) is 11.7 Å². The van der Waals surface area contributed by atoms with Gasteiger partial charge in [0.25, 0.3) is 0 Å². The summed E-state index contributed by atoms with van der Waals surface area (Å²) in [6.07, 6.45) is 2.44. The monoisotopic (exact) mass is 323 g/mol. The van der Waals surface area contributed by atoms with Crippen LogP contribution in [-0.2, 0) is 20.6 Å². The van der Waals surface area contributed by atoms with E-state index in [0.717, 1.165) is 30.1 Å². The minimum atomic E-state index is 0.457. The maximum atomic E-state index is 4.85. The number of aryl methyl sites for hydroxylation is 3. The lowest BCUT2D eigenvalue weighted by Gasteiger charge is -2.24. The summed E-state index contributed by atoms with van der Waals surface area (Å²) >= 11 is 0. The van der Waals surface area contributed by atoms with E-state index >= 15 is 0 Å². The Bertz CT molecular complexity index is 889. The number of fused-ring (bicyclic) bond motifs is 1. The minimum Gasteiger partial charge on any atom is -0.330 e. The molecule has 0 aliphatic carbocycles. The second kappa shape index (κ2) is 5.74. The Morgan fingerprint density at radius 2 is 1.96 bits per heavy atom. The van der Waals surface area contributed by atoms with Crippen molar-refractivity contribution in [2.24, 2.45) is 14.1 Å². The SMILES string of the molecule is Cc1nn(C)c(C)c1[C@H]1CCCN1Cc1nc2ccccc2n1C. The number of likely N-dealkylation sites (tertiary alicyclic amines) is 1. The Hall–Kier alpha value is -2.14. The summed E-state index contributed by atoms with van der Waals surface area (Å²) in [5, 5.41) is 4.62. The predicted molar refractivity (Wildman–Crippen MR) is 95.8 cm³/mol. The molecule has 0 bridgehead atoms. The molecule has 126 valence electrons. The number of nitrogens with zero attached hydrogens (tertiary/aromatic N) is 5. The molecule has 0 unspecified atom stereocenters. The maximum Gasteiger partial charge on any atom is 0.123 e. The zero-order chi connectivity index (χ0) is 16.8. The fraction of sp³-hybridized carbons (Fsp3) is 0.474. The minimum absolute atomic E-state index is 0.457. The van der Waals surface area contributed by atoms with Gasteiger partial charge in [-0.2, -0.15) is 5.10 Å². The van der Waals surface area contributed by atoms with Gasteiger partial charge in [0.1, 0.15) is 5.82 Å². The van der Waals surface area contributed by atoms with E-state index in [1.165, 1.54) is 29.6 Å². The molecule has 1 aromatic carbocycles. The Labute approximate surface area is 142 Å². The van der Waals surface area contributed by atoms with Gasteiger partial charge in [-0.05, 0) is 45.4 Å². The zero-order valence-corrected chi connectivity index (χ0v) is 15.0. The summed E-state index contributed by atoms with van der Waals surface area (Å²) in [6.45, 7) is 6.33. The predicted octanol–water partition coefficient (Wildman–Crippen LogP) is 3.26. The summed E-state index contributed by atoms with van der Waals surface area (Å²) in [5.74, 6) is 1.14. The molecule has 0 saturated carbocycles. The molecular formula is C19H25N5. The molecule has 24 heavy (non-hydrogen) atoms. The summed E-state index contributed by atoms with van der Waals surface area (Å²) in [6, 6.07) is 8.83. The number of para-hydroxylation sites is 2. The van der Waals surface area contributed by atoms with E-state index < -0.39 is 0 Å². The molecule has 1 aliphatic rings. The maximum absolute atomic E-state index is 4.85. The fourth-order valence-corrected chi connectivity index (χ4v) is 4.13. The van der Waals surface area contributed by atoms with Crippen molar-refractivity contribution in [1.82, 2.24) is 24.2 Å². The first-order valence-corrected chi connectivity index (χ1v) is 8.70. The van der Waals surface area contributed by atoms with Crippen LogP contribution in [0, 0.1) is 13.8 Å². The van der Waals surface area contributed by atoms with Crippen molar-refractivity contribution < 1.29 is 0 Å². The lowest BCUT2D eigenvalue weighted by molar-refractivity contribution is 0.239. The van der Waals surface area contributed by atoms with Crippen LogP contribution in [0.3, 0.4) is 0 Å². The van der Waals surface area contributed by atoms with Crippen molar-refractivity contribution >= 4 is 11.0 Å². The van der Waals surface area contributed by atoms with Gasteiger partial charge >= 0.3 is 0 Å². The third-order valence-electron chi connectivity index (χ3n) is 5.49. The van der Waals surface area contributed by atoms with Crippen molar-refractivity contribution in [2.75, 3.05) is 6.54 Å². The number of hydrogen-bond acceptors (Lipinski definition) is 3. The van der Waals surface area contributed by atoms with Crippen LogP contribution < -0.4 is 0 Å². The van der Waals surface area contributed by atoms with Gasteiger partial charge in [-0.25, -0.2) is 4.98 Å². The molecule has 3 aromatic rings. The summed E-state index contributed by atoms with van der Waals surface area (Å²) in [4.78, 5) is 7.42. The molecule has 0 N–H and O–H groups in total. The molecule has 0 radical (unpaired) electrons. The number of hydrogen-bond donors (Lipinski definition) is 0. The van der Waals surface area contributed by atoms with Gasteiger partial charge in [0.15, 0.2) is 0 Å². The lowest BCUT2D eigenvalue weighted by atomic mass is 10.0. The average molecular weight is 323 g/mol. The van der Waals surface area contributed by atoms with Gasteiger partial charge in [0.2, 0.25) is 0 Å². The molecule has 0 spiro atoms. The van der Waals surface area contributed by atoms with Crippen molar-refractivity contribution in [3.8, 4) is 0 Å². The van der Waals surface area contributed by atoms with E-state index in [4.69, 9.17) is 4.98 Å². The van der Waals surface area contributed by atoms with E-state index in [0.29, 0.717) is 6.04 Å². The van der Waals surface area contributed by atoms with Gasteiger partial charge in [0, 0.05) is 31.4 Å². The van der Waals surface area contributed by atoms with Crippen LogP contribution >= 0.6 is 0 Å². The highest BCUT2D eigenvalue weighted by molar-refractivity contribution is 5.75. The highest BCUT2D eigenvalue weighted by Crippen LogP contribution is 2.36. The van der Waals surface area contributed by atoms with Crippen LogP contribution in [0.1, 0.15) is 41.7 Å². The second-order valence-corrected chi connectivity index (χ2v) is 6.91. The fourth-order valence-electron chi connectivity index (χ4n) is 4.13. The standard InChI is InChI=1S/C19H25N5/c1-13-19(14(2)23(4)21-13)17-10-7-11-24(17)12-18-20-15-8-5-6-9-16(15)22(18)3/h5-6,8-9,17H,7,10-12H2,1-4H3/t17-/m1/s1. The van der Waals surface area contributed by atoms with Crippen LogP contribution in [0.4, 0.5) is 0 Å². The lowest BCUT2D eigenvalue weighted by Crippen LogP contribution is -2.25. The Morgan fingerprint density at radius 1 is 1.17 bits per heavy atom. The molecule has 0 amide bonds. The molecule has 5 nitrogen and oxygen atoms in total. The molecule has 1 aliphatic heterocycles. The average Bonchev–Trinajstić information content (AvgIpc) is 3.20. The van der Waals surface area contributed by atoms with Crippen LogP contribution in [0.5, 0.6) is 0 Å². The number of benzene rings is 1. The largest absolute Gasteiger partial charge is 0.330 e. The molecule has 3 heterocycles. The molecular weight excluding hydrogens is 298 g/mol. The molecule has 1 saturated heterocycles. The van der Waals surface area contributed by atoms with Gasteiger partial charge in [-0.1, -0.05) is 12.1 Å². The first-order chi connectivity index (χ1) is 11.6. The van der Waals surface area contributed by atoms with Gasteiger partial charge in [-0.15, -0.1) is 0 Å². The van der Waals surface area contributed by atoms with Crippen molar-refractivity contribution in [3.05, 3.63) is 47.0 Å². The summed E-state index contributed by atoms with van der Waals surface area (Å²) < 4.78 is 4.24. The molecule has 4 rings (SSSR count). The second-order valence-electron chi connectivity index (χ2n) is 6.91. The Morgan fingerprint density at radius 3 is 2.67 bits per heavy atom. The van der Waals surface area contributed by atoms with Crippen molar-refractivity contribution in [1.29, 1.82) is 0 Å². The van der Waals surface area contributed by atoms with Crippen LogP contribution in [0.2, 0.25) is 0 Å². The Kier molecular flexibility index (Phi) is 3.68. The first-order valence-electron chi connectivity index (χ1n) is 8.70. The van der Waals surface area contributed by atoms with E-state index in [9.17, 15) is 0 Å². The normalized spacial score (nSPS) is 18.8. The molecule has 1 fully saturated rings. The van der Waals surface area contributed by atoms with E-state index in [-0.39, 0.29) is 0 Å². The Balaban J connectivity index is 1.66. The summed E-state index contributed by atoms with van der Waals surface area (Å²) in [7, 11) is 4.16. The van der Waals surface area contributed by atoms with Crippen LogP contribution in [-0.4, -0.2) is 30.8 Å². The smallest absolute Gasteiger partial charge is 0.123 e. The van der Waals surface area contributed by atoms with Crippen LogP contribution in [0.15, 0.2) is 24.3 Å². The molecule has 2 aromatic heterocycles. The number of aromatic nitrogens is 4. The van der Waals surface area contributed by atoms with E-state index in [2.05, 4.69) is 59.7 Å². The third kappa shape index (κ3) is 2.35. The van der Waals surface area contributed by atoms with Gasteiger partial charge in [0.05, 0.1) is 23.3 Å². The quantitative estimate of drug-likeness (QED) is 0.742. The van der Waals surface area contributed by atoms with Gasteiger partial charge in [-0.3, -0.25) is 9.58 Å². The van der Waals surface area contributed by atoms with Crippen molar-refractivity contribution in [3.63, 3.8) is 0 Å². The highest BCUT2D eigenvalue weighted by atomic mass is 15.3. The van der Waals surface area contributed by atoms with E-state index in [1.54, 1.807) is 0 Å². The third-order valence-corrected chi connectivity index (χ3v) is 5.49. The molecule has 5 heteroatoms.